The van der Waals surface area contributed by atoms with Gasteiger partial charge in [0.2, 0.25) is 0 Å². The van der Waals surface area contributed by atoms with Crippen molar-refractivity contribution in [1.29, 1.82) is 0 Å². The van der Waals surface area contributed by atoms with E-state index in [2.05, 4.69) is 211 Å². The minimum atomic E-state index is 0.304. The van der Waals surface area contributed by atoms with Gasteiger partial charge in [0.1, 0.15) is 11.2 Å². The third-order valence-electron chi connectivity index (χ3n) is 12.3. The average Bonchev–Trinajstić information content (AvgIpc) is 3.82. The predicted octanol–water partition coefficient (Wildman–Crippen LogP) is 13.5. The van der Waals surface area contributed by atoms with E-state index in [0.717, 1.165) is 47.5 Å². The highest BCUT2D eigenvalue weighted by atomic mass is 16.3. The lowest BCUT2D eigenvalue weighted by molar-refractivity contribution is 0.476. The van der Waals surface area contributed by atoms with E-state index < -0.39 is 0 Å². The van der Waals surface area contributed by atoms with Crippen LogP contribution in [0.1, 0.15) is 46.8 Å². The molecule has 2 heterocycles. The van der Waals surface area contributed by atoms with Crippen molar-refractivity contribution in [1.82, 2.24) is 4.57 Å². The number of furan rings is 1. The first kappa shape index (κ1) is 35.1. The first-order chi connectivity index (χ1) is 29.0. The summed E-state index contributed by atoms with van der Waals surface area (Å²) in [7, 11) is 0. The average molecular weight is 761 g/mol. The van der Waals surface area contributed by atoms with Gasteiger partial charge in [-0.05, 0) is 139 Å². The molecule has 284 valence electrons. The molecule has 0 radical (unpaired) electrons. The SMILES string of the molecule is Cc1cccc(-n2c3ccc(C)cc3c3cc(-c4ccc(N(c5ccc(-c6ccccc6)cc5)c5ccc(C6C=c7c8c(oc7=CC6)CCC=C8)cc5)cc4)ccc32)c1. The highest BCUT2D eigenvalue weighted by Gasteiger charge is 2.20. The van der Waals surface area contributed by atoms with Crippen LogP contribution >= 0.6 is 0 Å². The van der Waals surface area contributed by atoms with Gasteiger partial charge in [-0.3, -0.25) is 0 Å². The molecule has 59 heavy (non-hydrogen) atoms. The fourth-order valence-corrected chi connectivity index (χ4v) is 9.28. The number of benzene rings is 7. The van der Waals surface area contributed by atoms with Crippen LogP contribution in [-0.4, -0.2) is 4.57 Å². The quantitative estimate of drug-likeness (QED) is 0.161. The lowest BCUT2D eigenvalue weighted by atomic mass is 9.90. The molecule has 2 aromatic heterocycles. The summed E-state index contributed by atoms with van der Waals surface area (Å²) in [5.74, 6) is 1.43. The van der Waals surface area contributed by atoms with Crippen molar-refractivity contribution < 1.29 is 4.42 Å². The molecule has 11 rings (SSSR count). The lowest BCUT2D eigenvalue weighted by Gasteiger charge is -2.26. The third kappa shape index (κ3) is 6.31. The molecule has 7 aromatic carbocycles. The molecule has 0 aliphatic heterocycles. The first-order valence-corrected chi connectivity index (χ1v) is 20.8. The summed E-state index contributed by atoms with van der Waals surface area (Å²) in [4.78, 5) is 2.37. The summed E-state index contributed by atoms with van der Waals surface area (Å²) in [6.07, 6.45) is 12.2. The number of rotatable bonds is 7. The van der Waals surface area contributed by atoms with Gasteiger partial charge in [-0.1, -0.05) is 115 Å². The molecule has 0 spiro atoms. The maximum atomic E-state index is 6.25. The molecule has 9 aromatic rings. The van der Waals surface area contributed by atoms with E-state index in [1.807, 2.05) is 0 Å². The van der Waals surface area contributed by atoms with Crippen LogP contribution in [0.3, 0.4) is 0 Å². The normalized spacial score (nSPS) is 14.4. The summed E-state index contributed by atoms with van der Waals surface area (Å²) in [6, 6.07) is 60.3. The van der Waals surface area contributed by atoms with Gasteiger partial charge in [0.15, 0.2) is 0 Å². The number of nitrogens with zero attached hydrogens (tertiary/aromatic N) is 2. The second-order valence-corrected chi connectivity index (χ2v) is 16.2. The highest BCUT2D eigenvalue weighted by Crippen LogP contribution is 2.40. The second-order valence-electron chi connectivity index (χ2n) is 16.2. The summed E-state index contributed by atoms with van der Waals surface area (Å²) in [5, 5.41) is 3.79. The molecule has 0 fully saturated rings. The molecule has 1 unspecified atom stereocenters. The van der Waals surface area contributed by atoms with Crippen LogP contribution < -0.4 is 15.5 Å². The molecule has 0 bridgehead atoms. The Balaban J connectivity index is 0.961. The second kappa shape index (κ2) is 14.4. The number of allylic oxidation sites excluding steroid dienone is 1. The Morgan fingerprint density at radius 1 is 0.576 bits per heavy atom. The number of hydrogen-bond acceptors (Lipinski definition) is 2. The molecule has 0 N–H and O–H groups in total. The van der Waals surface area contributed by atoms with Gasteiger partial charge >= 0.3 is 0 Å². The van der Waals surface area contributed by atoms with Crippen molar-refractivity contribution in [3.63, 3.8) is 0 Å². The summed E-state index contributed by atoms with van der Waals surface area (Å²) in [6.45, 7) is 4.34. The number of hydrogen-bond donors (Lipinski definition) is 0. The van der Waals surface area contributed by atoms with E-state index in [0.29, 0.717) is 5.92 Å². The zero-order valence-corrected chi connectivity index (χ0v) is 33.4. The Kier molecular flexibility index (Phi) is 8.55. The van der Waals surface area contributed by atoms with E-state index in [1.165, 1.54) is 77.2 Å². The Labute approximate surface area is 345 Å². The van der Waals surface area contributed by atoms with E-state index in [9.17, 15) is 0 Å². The largest absolute Gasteiger partial charge is 0.461 e. The van der Waals surface area contributed by atoms with Gasteiger partial charge in [-0.2, -0.15) is 0 Å². The predicted molar refractivity (Wildman–Crippen MR) is 247 cm³/mol. The first-order valence-electron chi connectivity index (χ1n) is 20.8. The van der Waals surface area contributed by atoms with Crippen molar-refractivity contribution in [2.75, 3.05) is 4.90 Å². The minimum Gasteiger partial charge on any atom is -0.461 e. The molecule has 0 saturated heterocycles. The monoisotopic (exact) mass is 760 g/mol. The van der Waals surface area contributed by atoms with Crippen molar-refractivity contribution in [2.24, 2.45) is 0 Å². The van der Waals surface area contributed by atoms with E-state index in [1.54, 1.807) is 0 Å². The molecule has 0 saturated carbocycles. The number of aromatic nitrogens is 1. The Morgan fingerprint density at radius 2 is 1.20 bits per heavy atom. The maximum Gasteiger partial charge on any atom is 0.130 e. The summed E-state index contributed by atoms with van der Waals surface area (Å²) < 4.78 is 8.65. The summed E-state index contributed by atoms with van der Waals surface area (Å²) >= 11 is 0. The summed E-state index contributed by atoms with van der Waals surface area (Å²) in [5.41, 5.74) is 17.9. The van der Waals surface area contributed by atoms with Gasteiger partial charge in [0.25, 0.3) is 0 Å². The van der Waals surface area contributed by atoms with Crippen LogP contribution in [0.4, 0.5) is 17.1 Å². The van der Waals surface area contributed by atoms with Gasteiger partial charge in [0.05, 0.1) is 11.0 Å². The molecule has 2 aliphatic carbocycles. The minimum absolute atomic E-state index is 0.304. The number of anilines is 3. The van der Waals surface area contributed by atoms with Crippen molar-refractivity contribution in [3.05, 3.63) is 209 Å². The molecule has 3 heteroatoms. The fourth-order valence-electron chi connectivity index (χ4n) is 9.28. The smallest absolute Gasteiger partial charge is 0.130 e. The molecule has 3 nitrogen and oxygen atoms in total. The third-order valence-corrected chi connectivity index (χ3v) is 12.3. The fraction of sp³-hybridized carbons (Fsp3) is 0.107. The molecule has 1 atom stereocenters. The van der Waals surface area contributed by atoms with Gasteiger partial charge < -0.3 is 13.9 Å². The van der Waals surface area contributed by atoms with Gasteiger partial charge in [0, 0.05) is 56.6 Å². The van der Waals surface area contributed by atoms with Crippen LogP contribution in [0.5, 0.6) is 0 Å². The Hall–Kier alpha value is -7.10. The van der Waals surface area contributed by atoms with Crippen LogP contribution in [0, 0.1) is 13.8 Å². The van der Waals surface area contributed by atoms with Crippen LogP contribution in [0.25, 0.3) is 68.0 Å². The highest BCUT2D eigenvalue weighted by molar-refractivity contribution is 6.10. The number of fused-ring (bicyclic) bond motifs is 6. The molecular formula is C56H44N2O. The van der Waals surface area contributed by atoms with Crippen molar-refractivity contribution >= 4 is 57.1 Å². The molecule has 0 amide bonds. The van der Waals surface area contributed by atoms with E-state index >= 15 is 0 Å². The van der Waals surface area contributed by atoms with Crippen molar-refractivity contribution in [3.8, 4) is 27.9 Å². The maximum absolute atomic E-state index is 6.25. The Morgan fingerprint density at radius 3 is 1.93 bits per heavy atom. The van der Waals surface area contributed by atoms with Crippen LogP contribution in [0.15, 0.2) is 174 Å². The molecule has 2 aliphatic rings. The Bertz CT molecular complexity index is 3180. The topological polar surface area (TPSA) is 21.3 Å². The van der Waals surface area contributed by atoms with Gasteiger partial charge in [-0.25, -0.2) is 0 Å². The van der Waals surface area contributed by atoms with Crippen molar-refractivity contribution in [2.45, 2.75) is 39.0 Å². The number of aryl methyl sites for hydroxylation is 3. The zero-order chi connectivity index (χ0) is 39.5. The van der Waals surface area contributed by atoms with E-state index in [4.69, 9.17) is 4.42 Å². The van der Waals surface area contributed by atoms with E-state index in [-0.39, 0.29) is 0 Å². The van der Waals surface area contributed by atoms with Gasteiger partial charge in [-0.15, -0.1) is 0 Å². The lowest BCUT2D eigenvalue weighted by Crippen LogP contribution is -2.26. The molecular weight excluding hydrogens is 717 g/mol. The van der Waals surface area contributed by atoms with Crippen LogP contribution in [0.2, 0.25) is 0 Å². The standard InChI is InChI=1S/C56H44N2O/c1-37-9-8-12-48(33-37)58-53-30-15-38(2)34-50(53)51-35-43(22-31-54(51)58)41-18-26-46(27-19-41)57(45-24-16-40(17-25-45)39-10-4-3-5-11-39)47-28-20-42(21-29-47)44-23-32-56-52(36-44)49-13-6-7-14-55(49)59-56/h3-6,8-13,15-22,24-36,44H,7,14,23H2,1-2H3. The van der Waals surface area contributed by atoms with Crippen LogP contribution in [-0.2, 0) is 6.42 Å². The zero-order valence-electron chi connectivity index (χ0n) is 33.4.